The summed E-state index contributed by atoms with van der Waals surface area (Å²) in [5.41, 5.74) is 1.38. The van der Waals surface area contributed by atoms with Gasteiger partial charge in [-0.2, -0.15) is 0 Å². The Morgan fingerprint density at radius 2 is 1.70 bits per heavy atom. The van der Waals surface area contributed by atoms with Crippen LogP contribution in [0.2, 0.25) is 5.02 Å². The van der Waals surface area contributed by atoms with Crippen LogP contribution in [0.4, 0.5) is 17.1 Å². The third-order valence-electron chi connectivity index (χ3n) is 6.26. The van der Waals surface area contributed by atoms with Crippen molar-refractivity contribution in [1.29, 1.82) is 0 Å². The van der Waals surface area contributed by atoms with Gasteiger partial charge in [-0.15, -0.1) is 0 Å². The summed E-state index contributed by atoms with van der Waals surface area (Å²) in [6, 6.07) is 17.6. The number of hydrogen-bond acceptors (Lipinski definition) is 8. The number of nitrogens with zero attached hydrogens (tertiary/aromatic N) is 3. The van der Waals surface area contributed by atoms with E-state index in [0.29, 0.717) is 16.3 Å². The number of hydrogen-bond donors (Lipinski definition) is 0. The smallest absolute Gasteiger partial charge is 0.338 e. The molecule has 3 aromatic carbocycles. The van der Waals surface area contributed by atoms with E-state index >= 15 is 0 Å². The molecule has 3 unspecified atom stereocenters. The highest BCUT2D eigenvalue weighted by Crippen LogP contribution is 2.48. The van der Waals surface area contributed by atoms with Crippen molar-refractivity contribution in [1.82, 2.24) is 0 Å². The van der Waals surface area contributed by atoms with Crippen molar-refractivity contribution in [3.63, 3.8) is 0 Å². The standard InChI is InChI=1S/C26H20ClN3O7/c1-2-36-26(33)15-6-10-18(11-7-15)28-24(31)21-22(16-4-3-5-20(14-16)30(34)35)29(37-23(21)25(28)32)19-12-8-17(27)9-13-19/h3-14,21-23H,2H2,1H3. The molecule has 2 saturated heterocycles. The van der Waals surface area contributed by atoms with Gasteiger partial charge < -0.3 is 4.74 Å². The lowest BCUT2D eigenvalue weighted by molar-refractivity contribution is -0.384. The number of amides is 2. The Kier molecular flexibility index (Phi) is 6.36. The fraction of sp³-hybridized carbons (Fsp3) is 0.192. The summed E-state index contributed by atoms with van der Waals surface area (Å²) in [6.07, 6.45) is -1.16. The SMILES string of the molecule is CCOC(=O)c1ccc(N2C(=O)C3ON(c4ccc(Cl)cc4)C(c4cccc([N+](=O)[O-])c4)C3C2=O)cc1. The van der Waals surface area contributed by atoms with Crippen molar-refractivity contribution in [3.8, 4) is 0 Å². The van der Waals surface area contributed by atoms with Crippen LogP contribution in [-0.4, -0.2) is 35.4 Å². The number of ether oxygens (including phenoxy) is 1. The highest BCUT2D eigenvalue weighted by Gasteiger charge is 2.60. The van der Waals surface area contributed by atoms with Crippen LogP contribution in [0.25, 0.3) is 0 Å². The fourth-order valence-corrected chi connectivity index (χ4v) is 4.73. The van der Waals surface area contributed by atoms with Crippen molar-refractivity contribution in [2.24, 2.45) is 5.92 Å². The van der Waals surface area contributed by atoms with Gasteiger partial charge in [0, 0.05) is 17.2 Å². The number of halogens is 1. The molecule has 5 rings (SSSR count). The lowest BCUT2D eigenvalue weighted by Gasteiger charge is -2.28. The molecule has 3 atom stereocenters. The predicted octanol–water partition coefficient (Wildman–Crippen LogP) is 4.48. The molecule has 0 N–H and O–H groups in total. The first-order chi connectivity index (χ1) is 17.8. The fourth-order valence-electron chi connectivity index (χ4n) is 4.60. The molecule has 0 saturated carbocycles. The van der Waals surface area contributed by atoms with E-state index < -0.39 is 40.8 Å². The Balaban J connectivity index is 1.53. The average Bonchev–Trinajstić information content (AvgIpc) is 3.40. The Labute approximate surface area is 216 Å². The molecule has 0 aliphatic carbocycles. The molecule has 2 aliphatic rings. The van der Waals surface area contributed by atoms with Crippen molar-refractivity contribution in [3.05, 3.63) is 99.1 Å². The first kappa shape index (κ1) is 24.4. The van der Waals surface area contributed by atoms with Crippen LogP contribution >= 0.6 is 11.6 Å². The maximum atomic E-state index is 13.7. The third kappa shape index (κ3) is 4.30. The molecule has 3 aromatic rings. The number of non-ortho nitro benzene ring substituents is 1. The summed E-state index contributed by atoms with van der Waals surface area (Å²) in [5.74, 6) is -2.59. The maximum absolute atomic E-state index is 13.7. The van der Waals surface area contributed by atoms with E-state index in [9.17, 15) is 24.5 Å². The van der Waals surface area contributed by atoms with E-state index in [2.05, 4.69) is 0 Å². The van der Waals surface area contributed by atoms with Gasteiger partial charge in [-0.25, -0.2) is 14.8 Å². The second kappa shape index (κ2) is 9.64. The van der Waals surface area contributed by atoms with Crippen molar-refractivity contribution in [2.45, 2.75) is 19.1 Å². The van der Waals surface area contributed by atoms with Crippen molar-refractivity contribution in [2.75, 3.05) is 16.6 Å². The number of nitro benzene ring substituents is 1. The number of anilines is 2. The number of benzene rings is 3. The number of fused-ring (bicyclic) bond motifs is 1. The van der Waals surface area contributed by atoms with E-state index in [4.69, 9.17) is 21.2 Å². The van der Waals surface area contributed by atoms with E-state index in [1.807, 2.05) is 0 Å². The van der Waals surface area contributed by atoms with Gasteiger partial charge in [-0.3, -0.25) is 24.5 Å². The zero-order valence-corrected chi connectivity index (χ0v) is 20.2. The summed E-state index contributed by atoms with van der Waals surface area (Å²) in [7, 11) is 0. The normalized spacial score (nSPS) is 20.8. The first-order valence-electron chi connectivity index (χ1n) is 11.4. The van der Waals surface area contributed by atoms with Crippen LogP contribution in [-0.2, 0) is 19.2 Å². The quantitative estimate of drug-likeness (QED) is 0.202. The molecule has 2 amide bonds. The van der Waals surface area contributed by atoms with Crippen LogP contribution in [0, 0.1) is 16.0 Å². The van der Waals surface area contributed by atoms with Gasteiger partial charge in [-0.05, 0) is 61.0 Å². The Morgan fingerprint density at radius 3 is 2.35 bits per heavy atom. The molecule has 0 radical (unpaired) electrons. The largest absolute Gasteiger partial charge is 0.462 e. The van der Waals surface area contributed by atoms with E-state index in [1.165, 1.54) is 47.5 Å². The third-order valence-corrected chi connectivity index (χ3v) is 6.51. The van der Waals surface area contributed by atoms with Crippen LogP contribution in [0.3, 0.4) is 0 Å². The molecule has 2 heterocycles. The zero-order chi connectivity index (χ0) is 26.3. The summed E-state index contributed by atoms with van der Waals surface area (Å²) >= 11 is 6.03. The molecular weight excluding hydrogens is 502 g/mol. The second-order valence-electron chi connectivity index (χ2n) is 8.43. The first-order valence-corrected chi connectivity index (χ1v) is 11.8. The molecule has 2 aliphatic heterocycles. The highest BCUT2D eigenvalue weighted by molar-refractivity contribution is 6.30. The minimum absolute atomic E-state index is 0.153. The topological polar surface area (TPSA) is 119 Å². The Bertz CT molecular complexity index is 1390. The molecule has 188 valence electrons. The molecule has 10 nitrogen and oxygen atoms in total. The number of rotatable bonds is 6. The number of hydroxylamine groups is 1. The molecule has 0 aromatic heterocycles. The second-order valence-corrected chi connectivity index (χ2v) is 8.87. The Hall–Kier alpha value is -4.28. The predicted molar refractivity (Wildman–Crippen MR) is 133 cm³/mol. The minimum atomic E-state index is -1.16. The van der Waals surface area contributed by atoms with Gasteiger partial charge in [0.2, 0.25) is 5.91 Å². The van der Waals surface area contributed by atoms with Gasteiger partial charge >= 0.3 is 5.97 Å². The van der Waals surface area contributed by atoms with Crippen LogP contribution in [0.15, 0.2) is 72.8 Å². The van der Waals surface area contributed by atoms with Gasteiger partial charge in [0.1, 0.15) is 5.92 Å². The summed E-state index contributed by atoms with van der Waals surface area (Å²) in [6.45, 7) is 1.91. The molecule has 0 spiro atoms. The number of carbonyl (C=O) groups is 3. The van der Waals surface area contributed by atoms with Gasteiger partial charge in [-0.1, -0.05) is 23.7 Å². The van der Waals surface area contributed by atoms with Gasteiger partial charge in [0.15, 0.2) is 6.10 Å². The zero-order valence-electron chi connectivity index (χ0n) is 19.4. The van der Waals surface area contributed by atoms with Gasteiger partial charge in [0.05, 0.1) is 34.5 Å². The number of nitro groups is 1. The number of carbonyl (C=O) groups excluding carboxylic acids is 3. The minimum Gasteiger partial charge on any atom is -0.462 e. The van der Waals surface area contributed by atoms with Crippen molar-refractivity contribution >= 4 is 46.4 Å². The molecule has 37 heavy (non-hydrogen) atoms. The summed E-state index contributed by atoms with van der Waals surface area (Å²) in [5, 5.41) is 13.4. The lowest BCUT2D eigenvalue weighted by atomic mass is 9.90. The maximum Gasteiger partial charge on any atom is 0.338 e. The number of imide groups is 1. The number of esters is 1. The highest BCUT2D eigenvalue weighted by atomic mass is 35.5. The van der Waals surface area contributed by atoms with E-state index in [0.717, 1.165) is 4.90 Å². The van der Waals surface area contributed by atoms with Gasteiger partial charge in [0.25, 0.3) is 11.6 Å². The molecule has 11 heteroatoms. The van der Waals surface area contributed by atoms with Crippen molar-refractivity contribution < 1.29 is 28.9 Å². The van der Waals surface area contributed by atoms with Crippen LogP contribution < -0.4 is 9.96 Å². The molecule has 0 bridgehead atoms. The molecular formula is C26H20ClN3O7. The van der Waals surface area contributed by atoms with E-state index in [1.54, 1.807) is 37.3 Å². The summed E-state index contributed by atoms with van der Waals surface area (Å²) < 4.78 is 4.98. The van der Waals surface area contributed by atoms with Crippen LogP contribution in [0.1, 0.15) is 28.9 Å². The lowest BCUT2D eigenvalue weighted by Crippen LogP contribution is -2.37. The monoisotopic (exact) mass is 521 g/mol. The van der Waals surface area contributed by atoms with Crippen LogP contribution in [0.5, 0.6) is 0 Å². The summed E-state index contributed by atoms with van der Waals surface area (Å²) in [4.78, 5) is 57.1. The average molecular weight is 522 g/mol. The molecule has 2 fully saturated rings. The van der Waals surface area contributed by atoms with E-state index in [-0.39, 0.29) is 23.5 Å². The Morgan fingerprint density at radius 1 is 1.03 bits per heavy atom.